The molecular formula is C15H13N3O. The predicted molar refractivity (Wildman–Crippen MR) is 74.0 cm³/mol. The van der Waals surface area contributed by atoms with Crippen molar-refractivity contribution < 1.29 is 4.79 Å². The molecule has 1 aromatic carbocycles. The highest BCUT2D eigenvalue weighted by Crippen LogP contribution is 2.26. The number of fused-ring (bicyclic) bond motifs is 1. The van der Waals surface area contributed by atoms with Crippen LogP contribution in [0.4, 0.5) is 0 Å². The molecule has 0 aliphatic rings. The summed E-state index contributed by atoms with van der Waals surface area (Å²) in [5.74, 6) is 0. The Morgan fingerprint density at radius 3 is 2.79 bits per heavy atom. The van der Waals surface area contributed by atoms with Crippen LogP contribution in [0.25, 0.3) is 22.3 Å². The SMILES string of the molecule is CCn1nc(-c2cccc(C=O)n2)c2ccccc21. The molecule has 0 radical (unpaired) electrons. The lowest BCUT2D eigenvalue weighted by molar-refractivity contribution is 0.111. The van der Waals surface area contributed by atoms with Crippen molar-refractivity contribution in [2.24, 2.45) is 0 Å². The molecule has 0 aliphatic carbocycles. The molecule has 0 unspecified atom stereocenters. The van der Waals surface area contributed by atoms with Gasteiger partial charge >= 0.3 is 0 Å². The number of para-hydroxylation sites is 1. The van der Waals surface area contributed by atoms with Crippen molar-refractivity contribution in [3.63, 3.8) is 0 Å². The van der Waals surface area contributed by atoms with Gasteiger partial charge in [-0.15, -0.1) is 0 Å². The summed E-state index contributed by atoms with van der Waals surface area (Å²) in [6.45, 7) is 2.85. The Kier molecular flexibility index (Phi) is 2.83. The molecule has 0 bridgehead atoms. The van der Waals surface area contributed by atoms with Crippen molar-refractivity contribution >= 4 is 17.2 Å². The number of carbonyl (C=O) groups excluding carboxylic acids is 1. The van der Waals surface area contributed by atoms with Crippen LogP contribution in [0.2, 0.25) is 0 Å². The van der Waals surface area contributed by atoms with E-state index < -0.39 is 0 Å². The highest BCUT2D eigenvalue weighted by molar-refractivity contribution is 5.92. The van der Waals surface area contributed by atoms with Crippen LogP contribution in [0.3, 0.4) is 0 Å². The van der Waals surface area contributed by atoms with Crippen LogP contribution in [0.1, 0.15) is 17.4 Å². The molecule has 3 rings (SSSR count). The van der Waals surface area contributed by atoms with Gasteiger partial charge in [0.1, 0.15) is 11.4 Å². The van der Waals surface area contributed by atoms with Crippen LogP contribution in [-0.2, 0) is 6.54 Å². The van der Waals surface area contributed by atoms with E-state index in [0.29, 0.717) is 5.69 Å². The maximum atomic E-state index is 10.8. The first-order valence-electron chi connectivity index (χ1n) is 6.21. The van der Waals surface area contributed by atoms with Crippen molar-refractivity contribution in [2.75, 3.05) is 0 Å². The van der Waals surface area contributed by atoms with E-state index in [1.165, 1.54) is 0 Å². The van der Waals surface area contributed by atoms with E-state index in [1.54, 1.807) is 6.07 Å². The van der Waals surface area contributed by atoms with Crippen molar-refractivity contribution in [2.45, 2.75) is 13.5 Å². The third-order valence-electron chi connectivity index (χ3n) is 3.09. The minimum absolute atomic E-state index is 0.424. The maximum Gasteiger partial charge on any atom is 0.168 e. The van der Waals surface area contributed by atoms with Gasteiger partial charge in [0, 0.05) is 11.9 Å². The largest absolute Gasteiger partial charge is 0.296 e. The molecule has 0 saturated heterocycles. The molecule has 0 fully saturated rings. The summed E-state index contributed by atoms with van der Waals surface area (Å²) < 4.78 is 1.94. The molecule has 0 atom stereocenters. The molecule has 4 nitrogen and oxygen atoms in total. The Labute approximate surface area is 110 Å². The number of hydrogen-bond donors (Lipinski definition) is 0. The zero-order chi connectivity index (χ0) is 13.2. The molecular weight excluding hydrogens is 238 g/mol. The number of carbonyl (C=O) groups is 1. The highest BCUT2D eigenvalue weighted by Gasteiger charge is 2.12. The normalized spacial score (nSPS) is 10.8. The molecule has 94 valence electrons. The monoisotopic (exact) mass is 251 g/mol. The molecule has 3 aromatic rings. The Bertz CT molecular complexity index is 746. The van der Waals surface area contributed by atoms with Gasteiger partial charge in [-0.3, -0.25) is 9.48 Å². The van der Waals surface area contributed by atoms with E-state index in [-0.39, 0.29) is 0 Å². The Morgan fingerprint density at radius 1 is 1.16 bits per heavy atom. The topological polar surface area (TPSA) is 47.8 Å². The fraction of sp³-hybridized carbons (Fsp3) is 0.133. The molecule has 0 spiro atoms. The van der Waals surface area contributed by atoms with Gasteiger partial charge < -0.3 is 0 Å². The fourth-order valence-electron chi connectivity index (χ4n) is 2.21. The highest BCUT2D eigenvalue weighted by atomic mass is 16.1. The summed E-state index contributed by atoms with van der Waals surface area (Å²) in [6, 6.07) is 13.4. The summed E-state index contributed by atoms with van der Waals surface area (Å²) >= 11 is 0. The van der Waals surface area contributed by atoms with E-state index in [1.807, 2.05) is 41.1 Å². The summed E-state index contributed by atoms with van der Waals surface area (Å²) in [7, 11) is 0. The Hall–Kier alpha value is -2.49. The molecule has 19 heavy (non-hydrogen) atoms. The fourth-order valence-corrected chi connectivity index (χ4v) is 2.21. The second kappa shape index (κ2) is 4.65. The first-order chi connectivity index (χ1) is 9.33. The van der Waals surface area contributed by atoms with Gasteiger partial charge in [0.05, 0.1) is 11.2 Å². The van der Waals surface area contributed by atoms with Gasteiger partial charge in [0.25, 0.3) is 0 Å². The van der Waals surface area contributed by atoms with Gasteiger partial charge in [0.2, 0.25) is 0 Å². The van der Waals surface area contributed by atoms with Crippen molar-refractivity contribution in [3.8, 4) is 11.4 Å². The zero-order valence-corrected chi connectivity index (χ0v) is 10.6. The lowest BCUT2D eigenvalue weighted by Crippen LogP contribution is -1.96. The van der Waals surface area contributed by atoms with Gasteiger partial charge in [-0.1, -0.05) is 24.3 Å². The minimum Gasteiger partial charge on any atom is -0.296 e. The van der Waals surface area contributed by atoms with E-state index in [4.69, 9.17) is 0 Å². The van der Waals surface area contributed by atoms with Gasteiger partial charge in [-0.2, -0.15) is 5.10 Å². The number of pyridine rings is 1. The van der Waals surface area contributed by atoms with Crippen LogP contribution < -0.4 is 0 Å². The predicted octanol–water partition coefficient (Wildman–Crippen LogP) is 2.93. The quantitative estimate of drug-likeness (QED) is 0.672. The van der Waals surface area contributed by atoms with Crippen LogP contribution in [-0.4, -0.2) is 21.1 Å². The average Bonchev–Trinajstić information content (AvgIpc) is 2.86. The van der Waals surface area contributed by atoms with Gasteiger partial charge in [-0.05, 0) is 25.1 Å². The summed E-state index contributed by atoms with van der Waals surface area (Å²) in [5.41, 5.74) is 3.06. The smallest absolute Gasteiger partial charge is 0.168 e. The van der Waals surface area contributed by atoms with E-state index in [0.717, 1.165) is 35.1 Å². The summed E-state index contributed by atoms with van der Waals surface area (Å²) in [4.78, 5) is 15.1. The molecule has 4 heteroatoms. The van der Waals surface area contributed by atoms with Gasteiger partial charge in [-0.25, -0.2) is 4.98 Å². The zero-order valence-electron chi connectivity index (χ0n) is 10.6. The molecule has 2 heterocycles. The molecule has 0 amide bonds. The lowest BCUT2D eigenvalue weighted by Gasteiger charge is -1.97. The van der Waals surface area contributed by atoms with Crippen molar-refractivity contribution in [1.29, 1.82) is 0 Å². The van der Waals surface area contributed by atoms with Gasteiger partial charge in [0.15, 0.2) is 6.29 Å². The Balaban J connectivity index is 2.27. The first kappa shape index (κ1) is 11.6. The van der Waals surface area contributed by atoms with Crippen LogP contribution >= 0.6 is 0 Å². The van der Waals surface area contributed by atoms with E-state index in [9.17, 15) is 4.79 Å². The number of aromatic nitrogens is 3. The second-order valence-corrected chi connectivity index (χ2v) is 4.25. The van der Waals surface area contributed by atoms with Crippen LogP contribution in [0, 0.1) is 0 Å². The molecule has 0 saturated carbocycles. The minimum atomic E-state index is 0.424. The van der Waals surface area contributed by atoms with E-state index >= 15 is 0 Å². The number of aryl methyl sites for hydroxylation is 1. The first-order valence-corrected chi connectivity index (χ1v) is 6.21. The number of aldehydes is 1. The third kappa shape index (κ3) is 1.91. The molecule has 0 N–H and O–H groups in total. The molecule has 2 aromatic heterocycles. The van der Waals surface area contributed by atoms with Crippen molar-refractivity contribution in [1.82, 2.24) is 14.8 Å². The molecule has 0 aliphatic heterocycles. The number of hydrogen-bond acceptors (Lipinski definition) is 3. The standard InChI is InChI=1S/C15H13N3O/c1-2-18-14-9-4-3-7-12(14)15(17-18)13-8-5-6-11(10-19)16-13/h3-10H,2H2,1H3. The van der Waals surface area contributed by atoms with Crippen LogP contribution in [0.5, 0.6) is 0 Å². The maximum absolute atomic E-state index is 10.8. The number of nitrogens with zero attached hydrogens (tertiary/aromatic N) is 3. The van der Waals surface area contributed by atoms with Crippen LogP contribution in [0.15, 0.2) is 42.5 Å². The van der Waals surface area contributed by atoms with E-state index in [2.05, 4.69) is 17.0 Å². The number of benzene rings is 1. The third-order valence-corrected chi connectivity index (χ3v) is 3.09. The summed E-state index contributed by atoms with van der Waals surface area (Å²) in [6.07, 6.45) is 0.752. The van der Waals surface area contributed by atoms with Crippen molar-refractivity contribution in [3.05, 3.63) is 48.2 Å². The Morgan fingerprint density at radius 2 is 2.00 bits per heavy atom. The summed E-state index contributed by atoms with van der Waals surface area (Å²) in [5, 5.41) is 5.65. The number of rotatable bonds is 3. The average molecular weight is 251 g/mol. The lowest BCUT2D eigenvalue weighted by atomic mass is 10.1. The second-order valence-electron chi connectivity index (χ2n) is 4.25.